The highest BCUT2D eigenvalue weighted by Crippen LogP contribution is 2.29. The molecule has 0 saturated heterocycles. The monoisotopic (exact) mass is 345 g/mol. The lowest BCUT2D eigenvalue weighted by molar-refractivity contribution is -0.385. The molecule has 0 fully saturated rings. The molecule has 0 aliphatic heterocycles. The van der Waals surface area contributed by atoms with Gasteiger partial charge in [0.2, 0.25) is 0 Å². The van der Waals surface area contributed by atoms with Crippen molar-refractivity contribution in [1.82, 2.24) is 0 Å². The summed E-state index contributed by atoms with van der Waals surface area (Å²) >= 11 is 3.35. The molecule has 0 heterocycles. The molecule has 2 aromatic rings. The Morgan fingerprint density at radius 2 is 2.05 bits per heavy atom. The number of anilines is 1. The molecule has 2 aromatic carbocycles. The molecule has 0 aromatic heterocycles. The van der Waals surface area contributed by atoms with Crippen molar-refractivity contribution in [2.24, 2.45) is 0 Å². The minimum atomic E-state index is -0.403. The first kappa shape index (κ1) is 15.0. The number of benzene rings is 2. The van der Waals surface area contributed by atoms with Gasteiger partial charge in [0.1, 0.15) is 6.07 Å². The van der Waals surface area contributed by atoms with Crippen LogP contribution in [0.5, 0.6) is 0 Å². The zero-order valence-electron chi connectivity index (χ0n) is 11.2. The van der Waals surface area contributed by atoms with Gasteiger partial charge >= 0.3 is 0 Å². The van der Waals surface area contributed by atoms with Gasteiger partial charge in [0, 0.05) is 10.5 Å². The third-order valence-corrected chi connectivity index (χ3v) is 3.57. The summed E-state index contributed by atoms with van der Waals surface area (Å²) in [5.74, 6) is 0. The summed E-state index contributed by atoms with van der Waals surface area (Å²) in [6.07, 6.45) is 0. The van der Waals surface area contributed by atoms with Gasteiger partial charge in [-0.3, -0.25) is 10.1 Å². The third kappa shape index (κ3) is 3.38. The molecule has 106 valence electrons. The summed E-state index contributed by atoms with van der Waals surface area (Å²) in [5, 5.41) is 23.4. The van der Waals surface area contributed by atoms with Crippen molar-refractivity contribution in [3.63, 3.8) is 0 Å². The van der Waals surface area contributed by atoms with Crippen LogP contribution in [-0.4, -0.2) is 4.92 Å². The number of halogens is 1. The summed E-state index contributed by atoms with van der Waals surface area (Å²) in [4.78, 5) is 10.7. The van der Waals surface area contributed by atoms with Crippen LogP contribution in [0.25, 0.3) is 0 Å². The number of nitrogens with one attached hydrogen (secondary N) is 1. The molecule has 0 radical (unpaired) electrons. The molecule has 0 aliphatic carbocycles. The summed E-state index contributed by atoms with van der Waals surface area (Å²) in [7, 11) is 0. The Morgan fingerprint density at radius 3 is 2.71 bits per heavy atom. The van der Waals surface area contributed by atoms with Crippen molar-refractivity contribution >= 4 is 27.3 Å². The second kappa shape index (κ2) is 6.37. The van der Waals surface area contributed by atoms with Crippen LogP contribution in [0, 0.1) is 21.4 Å². The fourth-order valence-corrected chi connectivity index (χ4v) is 2.43. The Bertz CT molecular complexity index is 725. The van der Waals surface area contributed by atoms with E-state index in [1.165, 1.54) is 6.07 Å². The van der Waals surface area contributed by atoms with Gasteiger partial charge in [0.15, 0.2) is 0 Å². The first-order chi connectivity index (χ1) is 10.0. The summed E-state index contributed by atoms with van der Waals surface area (Å²) in [6.45, 7) is 1.82. The molecule has 5 nitrogen and oxygen atoms in total. The lowest BCUT2D eigenvalue weighted by atomic mass is 10.1. The number of para-hydroxylation sites is 1. The average molecular weight is 346 g/mol. The number of nitriles is 1. The smallest absolute Gasteiger partial charge is 0.274 e. The standard InChI is InChI=1S/C15H12BrN3O2/c1-10(13-4-2-3-5-15(13)19(20)21)18-14-8-12(16)7-6-11(14)9-17/h2-8,10,18H,1H3. The molecule has 6 heteroatoms. The molecular formula is C15H12BrN3O2. The number of nitro groups is 1. The highest BCUT2D eigenvalue weighted by atomic mass is 79.9. The van der Waals surface area contributed by atoms with Crippen molar-refractivity contribution in [1.29, 1.82) is 5.26 Å². The largest absolute Gasteiger partial charge is 0.377 e. The quantitative estimate of drug-likeness (QED) is 0.657. The van der Waals surface area contributed by atoms with Gasteiger partial charge in [0.05, 0.1) is 27.8 Å². The SMILES string of the molecule is CC(Nc1cc(Br)ccc1C#N)c1ccccc1[N+](=O)[O-]. The van der Waals surface area contributed by atoms with Crippen LogP contribution in [0.4, 0.5) is 11.4 Å². The van der Waals surface area contributed by atoms with E-state index in [-0.39, 0.29) is 11.7 Å². The zero-order chi connectivity index (χ0) is 15.4. The predicted molar refractivity (Wildman–Crippen MR) is 84.0 cm³/mol. The van der Waals surface area contributed by atoms with E-state index in [2.05, 4.69) is 27.3 Å². The van der Waals surface area contributed by atoms with Crippen molar-refractivity contribution in [2.75, 3.05) is 5.32 Å². The van der Waals surface area contributed by atoms with Gasteiger partial charge in [-0.1, -0.05) is 34.1 Å². The molecule has 0 bridgehead atoms. The average Bonchev–Trinajstić information content (AvgIpc) is 2.47. The molecule has 1 N–H and O–H groups in total. The molecule has 0 amide bonds. The van der Waals surface area contributed by atoms with E-state index < -0.39 is 4.92 Å². The van der Waals surface area contributed by atoms with E-state index in [1.807, 2.05) is 6.92 Å². The lowest BCUT2D eigenvalue weighted by Crippen LogP contribution is -2.10. The van der Waals surface area contributed by atoms with Gasteiger partial charge in [-0.25, -0.2) is 0 Å². The first-order valence-corrected chi connectivity index (χ1v) is 7.01. The molecule has 0 aliphatic rings. The normalized spacial score (nSPS) is 11.5. The van der Waals surface area contributed by atoms with Crippen LogP contribution in [-0.2, 0) is 0 Å². The van der Waals surface area contributed by atoms with E-state index in [0.29, 0.717) is 16.8 Å². The third-order valence-electron chi connectivity index (χ3n) is 3.07. The Morgan fingerprint density at radius 1 is 1.33 bits per heavy atom. The number of hydrogen-bond acceptors (Lipinski definition) is 4. The highest BCUT2D eigenvalue weighted by Gasteiger charge is 2.18. The summed E-state index contributed by atoms with van der Waals surface area (Å²) < 4.78 is 0.832. The van der Waals surface area contributed by atoms with Crippen molar-refractivity contribution < 1.29 is 4.92 Å². The van der Waals surface area contributed by atoms with Gasteiger partial charge in [-0.15, -0.1) is 0 Å². The topological polar surface area (TPSA) is 79.0 Å². The lowest BCUT2D eigenvalue weighted by Gasteiger charge is -2.17. The van der Waals surface area contributed by atoms with E-state index in [4.69, 9.17) is 5.26 Å². The summed E-state index contributed by atoms with van der Waals surface area (Å²) in [6, 6.07) is 13.6. The highest BCUT2D eigenvalue weighted by molar-refractivity contribution is 9.10. The van der Waals surface area contributed by atoms with Gasteiger partial charge < -0.3 is 5.32 Å². The summed E-state index contributed by atoms with van der Waals surface area (Å²) in [5.41, 5.74) is 1.76. The Kier molecular flexibility index (Phi) is 4.55. The molecule has 21 heavy (non-hydrogen) atoms. The Labute approximate surface area is 130 Å². The maximum Gasteiger partial charge on any atom is 0.274 e. The van der Waals surface area contributed by atoms with Crippen molar-refractivity contribution in [2.45, 2.75) is 13.0 Å². The van der Waals surface area contributed by atoms with Crippen LogP contribution in [0.2, 0.25) is 0 Å². The molecule has 2 rings (SSSR count). The number of nitro benzene ring substituents is 1. The Balaban J connectivity index is 2.35. The van der Waals surface area contributed by atoms with Crippen molar-refractivity contribution in [3.8, 4) is 6.07 Å². The van der Waals surface area contributed by atoms with Crippen molar-refractivity contribution in [3.05, 3.63) is 68.2 Å². The fourth-order valence-electron chi connectivity index (χ4n) is 2.06. The fraction of sp³-hybridized carbons (Fsp3) is 0.133. The minimum Gasteiger partial charge on any atom is -0.377 e. The zero-order valence-corrected chi connectivity index (χ0v) is 12.8. The minimum absolute atomic E-state index is 0.0611. The maximum atomic E-state index is 11.1. The second-order valence-corrected chi connectivity index (χ2v) is 5.40. The molecular weight excluding hydrogens is 334 g/mol. The molecule has 0 saturated carbocycles. The molecule has 1 unspecified atom stereocenters. The van der Waals surface area contributed by atoms with Crippen LogP contribution in [0.1, 0.15) is 24.1 Å². The van der Waals surface area contributed by atoms with E-state index in [9.17, 15) is 10.1 Å². The van der Waals surface area contributed by atoms with Gasteiger partial charge in [-0.2, -0.15) is 5.26 Å². The number of nitrogens with zero attached hydrogens (tertiary/aromatic N) is 2. The van der Waals surface area contributed by atoms with E-state index in [0.717, 1.165) is 4.47 Å². The van der Waals surface area contributed by atoms with Crippen LogP contribution in [0.15, 0.2) is 46.9 Å². The molecule has 1 atom stereocenters. The van der Waals surface area contributed by atoms with Crippen LogP contribution >= 0.6 is 15.9 Å². The number of hydrogen-bond donors (Lipinski definition) is 1. The maximum absolute atomic E-state index is 11.1. The Hall–Kier alpha value is -2.39. The van der Waals surface area contributed by atoms with Crippen LogP contribution < -0.4 is 5.32 Å². The molecule has 0 spiro atoms. The van der Waals surface area contributed by atoms with Gasteiger partial charge in [0.25, 0.3) is 5.69 Å². The number of rotatable bonds is 4. The van der Waals surface area contributed by atoms with E-state index >= 15 is 0 Å². The van der Waals surface area contributed by atoms with E-state index in [1.54, 1.807) is 36.4 Å². The van der Waals surface area contributed by atoms with Crippen LogP contribution in [0.3, 0.4) is 0 Å². The first-order valence-electron chi connectivity index (χ1n) is 6.22. The second-order valence-electron chi connectivity index (χ2n) is 4.48. The van der Waals surface area contributed by atoms with Gasteiger partial charge in [-0.05, 0) is 25.1 Å². The predicted octanol–water partition coefficient (Wildman–Crippen LogP) is 4.40.